The van der Waals surface area contributed by atoms with Crippen LogP contribution in [0.15, 0.2) is 30.7 Å². The zero-order chi connectivity index (χ0) is 11.5. The summed E-state index contributed by atoms with van der Waals surface area (Å²) in [5.74, 6) is 0.574. The van der Waals surface area contributed by atoms with Crippen LogP contribution in [0.5, 0.6) is 5.75 Å². The first kappa shape index (κ1) is 10.7. The highest BCUT2D eigenvalue weighted by molar-refractivity contribution is 6.29. The third-order valence-corrected chi connectivity index (χ3v) is 2.47. The van der Waals surface area contributed by atoms with Crippen LogP contribution in [0.1, 0.15) is 10.4 Å². The van der Waals surface area contributed by atoms with Gasteiger partial charge >= 0.3 is 0 Å². The summed E-state index contributed by atoms with van der Waals surface area (Å²) in [5, 5.41) is 0.483. The molecule has 0 aliphatic heterocycles. The Labute approximate surface area is 97.4 Å². The fourth-order valence-electron chi connectivity index (χ4n) is 1.42. The number of ether oxygens (including phenoxy) is 1. The van der Waals surface area contributed by atoms with Crippen molar-refractivity contribution in [2.45, 2.75) is 0 Å². The quantitative estimate of drug-likeness (QED) is 0.769. The first-order chi connectivity index (χ1) is 7.76. The Bertz CT molecular complexity index is 522. The molecule has 0 unspecified atom stereocenters. The zero-order valence-corrected chi connectivity index (χ0v) is 9.31. The molecule has 0 fully saturated rings. The number of hydrogen-bond acceptors (Lipinski definition) is 3. The zero-order valence-electron chi connectivity index (χ0n) is 8.55. The molecule has 0 spiro atoms. The lowest BCUT2D eigenvalue weighted by Gasteiger charge is -2.10. The lowest BCUT2D eigenvalue weighted by molar-refractivity contribution is 0.112. The minimum absolute atomic E-state index is 0.483. The van der Waals surface area contributed by atoms with Gasteiger partial charge in [-0.25, -0.2) is 4.98 Å². The van der Waals surface area contributed by atoms with Gasteiger partial charge in [0.15, 0.2) is 0 Å². The predicted octanol–water partition coefficient (Wildman–Crippen LogP) is 2.35. The molecule has 0 aliphatic rings. The number of carbonyl (C=O) groups excluding carboxylic acids is 1. The number of halogens is 1. The van der Waals surface area contributed by atoms with Gasteiger partial charge in [-0.05, 0) is 18.2 Å². The van der Waals surface area contributed by atoms with Crippen LogP contribution in [-0.2, 0) is 0 Å². The Balaban J connectivity index is 2.57. The van der Waals surface area contributed by atoms with Crippen LogP contribution < -0.4 is 4.74 Å². The van der Waals surface area contributed by atoms with Gasteiger partial charge < -0.3 is 4.74 Å². The van der Waals surface area contributed by atoms with Gasteiger partial charge in [0.1, 0.15) is 23.5 Å². The fourth-order valence-corrected chi connectivity index (χ4v) is 1.61. The van der Waals surface area contributed by atoms with E-state index in [1.165, 1.54) is 13.3 Å². The van der Waals surface area contributed by atoms with Crippen molar-refractivity contribution in [1.82, 2.24) is 9.55 Å². The Morgan fingerprint density at radius 1 is 1.50 bits per heavy atom. The van der Waals surface area contributed by atoms with Crippen LogP contribution >= 0.6 is 11.6 Å². The summed E-state index contributed by atoms with van der Waals surface area (Å²) in [6.07, 6.45) is 3.89. The largest absolute Gasteiger partial charge is 0.495 e. The van der Waals surface area contributed by atoms with Crippen LogP contribution in [0.4, 0.5) is 0 Å². The minimum atomic E-state index is 0.483. The van der Waals surface area contributed by atoms with E-state index in [-0.39, 0.29) is 0 Å². The van der Waals surface area contributed by atoms with Crippen molar-refractivity contribution >= 4 is 17.9 Å². The standard InChI is InChI=1S/C11H9ClN2O2/c1-16-10-4-8(6-15)2-3-9(10)14-7-13-5-11(14)12/h2-7H,1H3. The van der Waals surface area contributed by atoms with Crippen molar-refractivity contribution in [3.63, 3.8) is 0 Å². The molecule has 0 saturated heterocycles. The van der Waals surface area contributed by atoms with E-state index in [0.29, 0.717) is 16.5 Å². The monoisotopic (exact) mass is 236 g/mol. The van der Waals surface area contributed by atoms with E-state index < -0.39 is 0 Å². The summed E-state index contributed by atoms with van der Waals surface area (Å²) in [6.45, 7) is 0. The highest BCUT2D eigenvalue weighted by atomic mass is 35.5. The van der Waals surface area contributed by atoms with Gasteiger partial charge in [-0.2, -0.15) is 0 Å². The number of hydrogen-bond donors (Lipinski definition) is 0. The van der Waals surface area contributed by atoms with E-state index in [9.17, 15) is 4.79 Å². The topological polar surface area (TPSA) is 44.1 Å². The van der Waals surface area contributed by atoms with Crippen LogP contribution in [0.2, 0.25) is 5.15 Å². The molecule has 1 heterocycles. The minimum Gasteiger partial charge on any atom is -0.495 e. The number of carbonyl (C=O) groups is 1. The number of methoxy groups -OCH3 is 1. The molecule has 0 atom stereocenters. The van der Waals surface area contributed by atoms with Crippen LogP contribution in [0.3, 0.4) is 0 Å². The van der Waals surface area contributed by atoms with Crippen molar-refractivity contribution in [2.24, 2.45) is 0 Å². The average Bonchev–Trinajstić information content (AvgIpc) is 2.74. The number of rotatable bonds is 3. The molecule has 0 N–H and O–H groups in total. The summed E-state index contributed by atoms with van der Waals surface area (Å²) < 4.78 is 6.88. The first-order valence-electron chi connectivity index (χ1n) is 4.57. The van der Waals surface area contributed by atoms with Crippen LogP contribution in [0.25, 0.3) is 5.69 Å². The number of imidazole rings is 1. The predicted molar refractivity (Wildman–Crippen MR) is 60.5 cm³/mol. The molecule has 82 valence electrons. The van der Waals surface area contributed by atoms with Gasteiger partial charge in [0, 0.05) is 5.56 Å². The van der Waals surface area contributed by atoms with Gasteiger partial charge in [-0.3, -0.25) is 9.36 Å². The average molecular weight is 237 g/mol. The second kappa shape index (κ2) is 4.37. The Morgan fingerprint density at radius 2 is 2.31 bits per heavy atom. The van der Waals surface area contributed by atoms with Crippen molar-refractivity contribution in [3.8, 4) is 11.4 Å². The molecule has 0 radical (unpaired) electrons. The lowest BCUT2D eigenvalue weighted by Crippen LogP contribution is -1.97. The summed E-state index contributed by atoms with van der Waals surface area (Å²) >= 11 is 5.95. The summed E-state index contributed by atoms with van der Waals surface area (Å²) in [7, 11) is 1.54. The van der Waals surface area contributed by atoms with E-state index in [1.54, 1.807) is 29.1 Å². The number of nitrogens with zero attached hydrogens (tertiary/aromatic N) is 2. The van der Waals surface area contributed by atoms with Crippen molar-refractivity contribution in [3.05, 3.63) is 41.4 Å². The molecule has 0 bridgehead atoms. The van der Waals surface area contributed by atoms with E-state index in [4.69, 9.17) is 16.3 Å². The summed E-state index contributed by atoms with van der Waals surface area (Å²) in [4.78, 5) is 14.6. The third-order valence-electron chi connectivity index (χ3n) is 2.19. The maximum atomic E-state index is 10.6. The van der Waals surface area contributed by atoms with Gasteiger partial charge in [0.2, 0.25) is 0 Å². The van der Waals surface area contributed by atoms with Crippen LogP contribution in [-0.4, -0.2) is 22.9 Å². The molecule has 2 rings (SSSR count). The van der Waals surface area contributed by atoms with Gasteiger partial charge in [0.05, 0.1) is 19.0 Å². The maximum absolute atomic E-state index is 10.6. The fraction of sp³-hybridized carbons (Fsp3) is 0.0909. The smallest absolute Gasteiger partial charge is 0.150 e. The highest BCUT2D eigenvalue weighted by Gasteiger charge is 2.08. The van der Waals surface area contributed by atoms with E-state index in [2.05, 4.69) is 4.98 Å². The molecular weight excluding hydrogens is 228 g/mol. The molecule has 0 aliphatic carbocycles. The Morgan fingerprint density at radius 3 is 2.88 bits per heavy atom. The van der Waals surface area contributed by atoms with Gasteiger partial charge in [-0.15, -0.1) is 0 Å². The molecule has 4 nitrogen and oxygen atoms in total. The van der Waals surface area contributed by atoms with Crippen molar-refractivity contribution < 1.29 is 9.53 Å². The number of benzene rings is 1. The van der Waals surface area contributed by atoms with Crippen LogP contribution in [0, 0.1) is 0 Å². The molecule has 5 heteroatoms. The second-order valence-electron chi connectivity index (χ2n) is 3.14. The molecule has 1 aromatic heterocycles. The second-order valence-corrected chi connectivity index (χ2v) is 3.52. The SMILES string of the molecule is COc1cc(C=O)ccc1-n1cncc1Cl. The lowest BCUT2D eigenvalue weighted by atomic mass is 10.2. The Kier molecular flexibility index (Phi) is 2.92. The third kappa shape index (κ3) is 1.79. The molecule has 0 saturated carbocycles. The van der Waals surface area contributed by atoms with E-state index in [1.807, 2.05) is 0 Å². The Hall–Kier alpha value is -1.81. The van der Waals surface area contributed by atoms with E-state index >= 15 is 0 Å². The highest BCUT2D eigenvalue weighted by Crippen LogP contribution is 2.26. The molecule has 0 amide bonds. The molecule has 2 aromatic rings. The summed E-state index contributed by atoms with van der Waals surface area (Å²) in [6, 6.07) is 5.11. The number of aromatic nitrogens is 2. The van der Waals surface area contributed by atoms with E-state index in [0.717, 1.165) is 12.0 Å². The maximum Gasteiger partial charge on any atom is 0.150 e. The molecular formula is C11H9ClN2O2. The van der Waals surface area contributed by atoms with Gasteiger partial charge in [-0.1, -0.05) is 11.6 Å². The first-order valence-corrected chi connectivity index (χ1v) is 4.95. The summed E-state index contributed by atoms with van der Waals surface area (Å²) in [5.41, 5.74) is 1.30. The van der Waals surface area contributed by atoms with Crippen molar-refractivity contribution in [1.29, 1.82) is 0 Å². The molecule has 1 aromatic carbocycles. The van der Waals surface area contributed by atoms with Crippen molar-refractivity contribution in [2.75, 3.05) is 7.11 Å². The van der Waals surface area contributed by atoms with Gasteiger partial charge in [0.25, 0.3) is 0 Å². The number of aldehydes is 1. The molecule has 16 heavy (non-hydrogen) atoms. The normalized spacial score (nSPS) is 10.1.